The Kier molecular flexibility index (Phi) is 8.13. The smallest absolute Gasteiger partial charge is 0.224 e. The molecule has 6 nitrogen and oxygen atoms in total. The van der Waals surface area contributed by atoms with Crippen molar-refractivity contribution in [3.05, 3.63) is 46.8 Å². The first kappa shape index (κ1) is 21.3. The van der Waals surface area contributed by atoms with Crippen molar-refractivity contribution in [2.24, 2.45) is 5.92 Å². The summed E-state index contributed by atoms with van der Waals surface area (Å²) in [5.74, 6) is 2.17. The third-order valence-electron chi connectivity index (χ3n) is 4.84. The molecule has 1 aliphatic heterocycles. The summed E-state index contributed by atoms with van der Waals surface area (Å²) >= 11 is 0. The molecule has 0 radical (unpaired) electrons. The van der Waals surface area contributed by atoms with Gasteiger partial charge in [-0.2, -0.15) is 0 Å². The summed E-state index contributed by atoms with van der Waals surface area (Å²) in [4.78, 5) is 12.1. The highest BCUT2D eigenvalue weighted by Crippen LogP contribution is 2.18. The first-order valence-corrected chi connectivity index (χ1v) is 9.22. The third kappa shape index (κ3) is 6.26. The number of benzene rings is 1. The van der Waals surface area contributed by atoms with E-state index in [2.05, 4.69) is 15.8 Å². The van der Waals surface area contributed by atoms with Gasteiger partial charge in [0.1, 0.15) is 18.1 Å². The molecule has 1 saturated heterocycles. The molecule has 1 atom stereocenters. The Morgan fingerprint density at radius 3 is 2.74 bits per heavy atom. The van der Waals surface area contributed by atoms with Crippen LogP contribution in [0.3, 0.4) is 0 Å². The number of carbonyl (C=O) groups excluding carboxylic acids is 1. The molecule has 2 heterocycles. The lowest BCUT2D eigenvalue weighted by molar-refractivity contribution is -0.120. The Morgan fingerprint density at radius 2 is 2.11 bits per heavy atom. The Bertz CT molecular complexity index is 705. The summed E-state index contributed by atoms with van der Waals surface area (Å²) in [7, 11) is 0. The Hall–Kier alpha value is -2.05. The fourth-order valence-corrected chi connectivity index (χ4v) is 3.17. The van der Waals surface area contributed by atoms with Crippen molar-refractivity contribution in [2.45, 2.75) is 39.7 Å². The van der Waals surface area contributed by atoms with Crippen molar-refractivity contribution < 1.29 is 14.1 Å². The van der Waals surface area contributed by atoms with Gasteiger partial charge in [0, 0.05) is 6.54 Å². The first-order valence-electron chi connectivity index (χ1n) is 9.22. The molecule has 1 unspecified atom stereocenters. The minimum Gasteiger partial charge on any atom is -0.489 e. The summed E-state index contributed by atoms with van der Waals surface area (Å²) < 4.78 is 10.9. The van der Waals surface area contributed by atoms with Crippen LogP contribution in [0.2, 0.25) is 0 Å². The number of aryl methyl sites for hydroxylation is 2. The van der Waals surface area contributed by atoms with Gasteiger partial charge in [-0.25, -0.2) is 0 Å². The van der Waals surface area contributed by atoms with E-state index in [0.717, 1.165) is 48.0 Å². The quantitative estimate of drug-likeness (QED) is 0.756. The van der Waals surface area contributed by atoms with Crippen molar-refractivity contribution in [1.82, 2.24) is 15.8 Å². The molecule has 148 valence electrons. The molecule has 0 spiro atoms. The highest BCUT2D eigenvalue weighted by Gasteiger charge is 2.14. The molecule has 1 aromatic heterocycles. The van der Waals surface area contributed by atoms with Crippen LogP contribution in [0.15, 0.2) is 28.8 Å². The molecular weight excluding hydrogens is 366 g/mol. The van der Waals surface area contributed by atoms with Crippen LogP contribution >= 0.6 is 12.4 Å². The number of rotatable bonds is 7. The van der Waals surface area contributed by atoms with Crippen LogP contribution in [-0.2, 0) is 17.8 Å². The van der Waals surface area contributed by atoms with Gasteiger partial charge < -0.3 is 19.9 Å². The highest BCUT2D eigenvalue weighted by molar-refractivity contribution is 5.85. The Labute approximate surface area is 166 Å². The molecule has 1 aliphatic rings. The number of piperidine rings is 1. The fraction of sp³-hybridized carbons (Fsp3) is 0.500. The maximum atomic E-state index is 12.1. The van der Waals surface area contributed by atoms with Gasteiger partial charge in [-0.1, -0.05) is 17.3 Å². The number of hydrogen-bond donors (Lipinski definition) is 2. The molecule has 0 saturated carbocycles. The van der Waals surface area contributed by atoms with Gasteiger partial charge in [0.2, 0.25) is 5.91 Å². The molecular formula is C20H28ClN3O3. The van der Waals surface area contributed by atoms with Gasteiger partial charge in [-0.3, -0.25) is 4.79 Å². The monoisotopic (exact) mass is 393 g/mol. The highest BCUT2D eigenvalue weighted by atomic mass is 35.5. The van der Waals surface area contributed by atoms with E-state index in [1.807, 2.05) is 38.1 Å². The van der Waals surface area contributed by atoms with Gasteiger partial charge in [0.05, 0.1) is 17.7 Å². The zero-order chi connectivity index (χ0) is 18.4. The molecule has 27 heavy (non-hydrogen) atoms. The van der Waals surface area contributed by atoms with Crippen LogP contribution in [-0.4, -0.2) is 30.7 Å². The maximum absolute atomic E-state index is 12.1. The topological polar surface area (TPSA) is 76.4 Å². The predicted molar refractivity (Wildman–Crippen MR) is 106 cm³/mol. The number of amides is 1. The predicted octanol–water partition coefficient (Wildman–Crippen LogP) is 2.95. The standard InChI is InChI=1S/C20H27N3O3.ClH/c1-14-19(15(2)26-23-14)13-25-18-7-5-16(6-8-18)10-20(24)22-12-17-4-3-9-21-11-17;/h5-8,17,21H,3-4,9-13H2,1-2H3,(H,22,24);1H. The van der Waals surface area contributed by atoms with Gasteiger partial charge in [-0.05, 0) is 63.4 Å². The molecule has 3 rings (SSSR count). The Balaban J connectivity index is 0.00000261. The average molecular weight is 394 g/mol. The number of aromatic nitrogens is 1. The van der Waals surface area contributed by atoms with E-state index in [-0.39, 0.29) is 18.3 Å². The zero-order valence-corrected chi connectivity index (χ0v) is 16.7. The lowest BCUT2D eigenvalue weighted by Crippen LogP contribution is -2.38. The second-order valence-electron chi connectivity index (χ2n) is 6.93. The molecule has 1 fully saturated rings. The van der Waals surface area contributed by atoms with Gasteiger partial charge in [0.15, 0.2) is 0 Å². The zero-order valence-electron chi connectivity index (χ0n) is 15.9. The largest absolute Gasteiger partial charge is 0.489 e. The summed E-state index contributed by atoms with van der Waals surface area (Å²) in [5, 5.41) is 10.3. The summed E-state index contributed by atoms with van der Waals surface area (Å²) in [5.41, 5.74) is 2.81. The number of nitrogens with zero attached hydrogens (tertiary/aromatic N) is 1. The molecule has 1 aromatic carbocycles. The number of ether oxygens (including phenoxy) is 1. The van der Waals surface area contributed by atoms with E-state index in [1.165, 1.54) is 12.8 Å². The van der Waals surface area contributed by atoms with Crippen molar-refractivity contribution >= 4 is 18.3 Å². The van der Waals surface area contributed by atoms with Crippen LogP contribution < -0.4 is 15.4 Å². The van der Waals surface area contributed by atoms with E-state index < -0.39 is 0 Å². The maximum Gasteiger partial charge on any atom is 0.224 e. The van der Waals surface area contributed by atoms with E-state index >= 15 is 0 Å². The van der Waals surface area contributed by atoms with Crippen LogP contribution in [0.4, 0.5) is 0 Å². The van der Waals surface area contributed by atoms with E-state index in [1.54, 1.807) is 0 Å². The van der Waals surface area contributed by atoms with E-state index in [0.29, 0.717) is 18.9 Å². The second kappa shape index (κ2) is 10.3. The van der Waals surface area contributed by atoms with Crippen LogP contribution in [0, 0.1) is 19.8 Å². The molecule has 7 heteroatoms. The minimum absolute atomic E-state index is 0. The van der Waals surface area contributed by atoms with Gasteiger partial charge in [-0.15, -0.1) is 12.4 Å². The lowest BCUT2D eigenvalue weighted by atomic mass is 10.00. The Morgan fingerprint density at radius 1 is 1.33 bits per heavy atom. The lowest BCUT2D eigenvalue weighted by Gasteiger charge is -2.22. The van der Waals surface area contributed by atoms with Crippen LogP contribution in [0.5, 0.6) is 5.75 Å². The van der Waals surface area contributed by atoms with Crippen molar-refractivity contribution in [3.8, 4) is 5.75 Å². The van der Waals surface area contributed by atoms with Crippen molar-refractivity contribution in [2.75, 3.05) is 19.6 Å². The number of halogens is 1. The summed E-state index contributed by atoms with van der Waals surface area (Å²) in [6.07, 6.45) is 2.77. The number of hydrogen-bond acceptors (Lipinski definition) is 5. The first-order chi connectivity index (χ1) is 12.6. The van der Waals surface area contributed by atoms with Gasteiger partial charge >= 0.3 is 0 Å². The average Bonchev–Trinajstić information content (AvgIpc) is 2.98. The number of carbonyl (C=O) groups is 1. The molecule has 0 aliphatic carbocycles. The van der Waals surface area contributed by atoms with Crippen LogP contribution in [0.25, 0.3) is 0 Å². The normalized spacial score (nSPS) is 16.4. The molecule has 0 bridgehead atoms. The minimum atomic E-state index is 0. The van der Waals surface area contributed by atoms with Gasteiger partial charge in [0.25, 0.3) is 0 Å². The van der Waals surface area contributed by atoms with Crippen molar-refractivity contribution in [3.63, 3.8) is 0 Å². The summed E-state index contributed by atoms with van der Waals surface area (Å²) in [6.45, 7) is 7.05. The molecule has 2 aromatic rings. The fourth-order valence-electron chi connectivity index (χ4n) is 3.17. The number of nitrogens with one attached hydrogen (secondary N) is 2. The summed E-state index contributed by atoms with van der Waals surface area (Å²) in [6, 6.07) is 7.66. The van der Waals surface area contributed by atoms with Crippen LogP contribution in [0.1, 0.15) is 35.4 Å². The van der Waals surface area contributed by atoms with E-state index in [9.17, 15) is 4.79 Å². The van der Waals surface area contributed by atoms with E-state index in [4.69, 9.17) is 9.26 Å². The third-order valence-corrected chi connectivity index (χ3v) is 4.84. The SMILES string of the molecule is Cc1noc(C)c1COc1ccc(CC(=O)NCC2CCCNC2)cc1.Cl. The molecule has 1 amide bonds. The second-order valence-corrected chi connectivity index (χ2v) is 6.93. The van der Waals surface area contributed by atoms with Crippen molar-refractivity contribution in [1.29, 1.82) is 0 Å². The molecule has 2 N–H and O–H groups in total.